The van der Waals surface area contributed by atoms with Gasteiger partial charge in [-0.2, -0.15) is 0 Å². The van der Waals surface area contributed by atoms with Gasteiger partial charge >= 0.3 is 0 Å². The van der Waals surface area contributed by atoms with Crippen LogP contribution in [0.5, 0.6) is 0 Å². The van der Waals surface area contributed by atoms with E-state index in [1.165, 1.54) is 11.1 Å². The van der Waals surface area contributed by atoms with Crippen molar-refractivity contribution in [1.82, 2.24) is 0 Å². The number of hydrogen-bond donors (Lipinski definition) is 0. The summed E-state index contributed by atoms with van der Waals surface area (Å²) in [5, 5.41) is 0. The summed E-state index contributed by atoms with van der Waals surface area (Å²) in [7, 11) is 0. The molecule has 2 atom stereocenters. The fourth-order valence-electron chi connectivity index (χ4n) is 3.69. The minimum atomic E-state index is -0.324. The molecule has 2 heteroatoms. The molecule has 2 aromatic carbocycles. The second-order valence-corrected chi connectivity index (χ2v) is 5.86. The third-order valence-corrected chi connectivity index (χ3v) is 4.69. The highest BCUT2D eigenvalue weighted by Gasteiger charge is 2.47. The van der Waals surface area contributed by atoms with Gasteiger partial charge in [0.25, 0.3) is 0 Å². The number of aliphatic imine (C=N–C) groups is 2. The minimum Gasteiger partial charge on any atom is -0.284 e. The first kappa shape index (κ1) is 13.9. The van der Waals surface area contributed by atoms with Crippen molar-refractivity contribution in [3.63, 3.8) is 0 Å². The van der Waals surface area contributed by atoms with Crippen LogP contribution < -0.4 is 0 Å². The largest absolute Gasteiger partial charge is 0.284 e. The van der Waals surface area contributed by atoms with Gasteiger partial charge in [-0.3, -0.25) is 9.98 Å². The fourth-order valence-corrected chi connectivity index (χ4v) is 3.69. The predicted octanol–water partition coefficient (Wildman–Crippen LogP) is 3.99. The third-order valence-electron chi connectivity index (χ3n) is 4.69. The quantitative estimate of drug-likeness (QED) is 0.815. The van der Waals surface area contributed by atoms with Crippen molar-refractivity contribution in [2.75, 3.05) is 0 Å². The number of rotatable bonds is 4. The first-order valence-electron chi connectivity index (χ1n) is 7.93. The molecular formula is C21H18N2. The van der Waals surface area contributed by atoms with E-state index in [-0.39, 0.29) is 17.5 Å². The molecule has 0 aromatic heterocycles. The Balaban J connectivity index is 2.01. The molecular weight excluding hydrogens is 280 g/mol. The molecule has 112 valence electrons. The van der Waals surface area contributed by atoms with E-state index in [9.17, 15) is 0 Å². The normalized spacial score (nSPS) is 22.1. The van der Waals surface area contributed by atoms with Gasteiger partial charge in [0.05, 0.1) is 17.5 Å². The Morgan fingerprint density at radius 3 is 1.39 bits per heavy atom. The average molecular weight is 298 g/mol. The highest BCUT2D eigenvalue weighted by Crippen LogP contribution is 2.44. The molecule has 2 aromatic rings. The maximum atomic E-state index is 4.76. The lowest BCUT2D eigenvalue weighted by Gasteiger charge is -2.41. The van der Waals surface area contributed by atoms with E-state index in [2.05, 4.69) is 72.8 Å². The predicted molar refractivity (Wildman–Crippen MR) is 96.5 cm³/mol. The van der Waals surface area contributed by atoms with Gasteiger partial charge in [-0.05, 0) is 23.3 Å². The lowest BCUT2D eigenvalue weighted by molar-refractivity contribution is 0.424. The molecule has 0 fully saturated rings. The lowest BCUT2D eigenvalue weighted by Crippen LogP contribution is -2.46. The van der Waals surface area contributed by atoms with Crippen molar-refractivity contribution in [2.24, 2.45) is 9.98 Å². The molecule has 23 heavy (non-hydrogen) atoms. The first-order valence-corrected chi connectivity index (χ1v) is 7.93. The molecule has 2 aliphatic rings. The van der Waals surface area contributed by atoms with E-state index in [4.69, 9.17) is 9.98 Å². The third kappa shape index (κ3) is 2.18. The molecule has 4 rings (SSSR count). The summed E-state index contributed by atoms with van der Waals surface area (Å²) < 4.78 is 0. The Hall–Kier alpha value is -2.74. The molecule has 2 aliphatic heterocycles. The average Bonchev–Trinajstić information content (AvgIpc) is 3.32. The Kier molecular flexibility index (Phi) is 3.51. The summed E-state index contributed by atoms with van der Waals surface area (Å²) in [6, 6.07) is 21.3. The van der Waals surface area contributed by atoms with E-state index in [0.29, 0.717) is 0 Å². The van der Waals surface area contributed by atoms with Gasteiger partial charge in [0.15, 0.2) is 0 Å². The van der Waals surface area contributed by atoms with E-state index in [1.54, 1.807) is 0 Å². The van der Waals surface area contributed by atoms with Crippen LogP contribution in [0.1, 0.15) is 11.1 Å². The summed E-state index contributed by atoms with van der Waals surface area (Å²) in [6.45, 7) is 0. The Labute approximate surface area is 136 Å². The second-order valence-electron chi connectivity index (χ2n) is 5.86. The smallest absolute Gasteiger partial charge is 0.0844 e. The Bertz CT molecular complexity index is 692. The maximum Gasteiger partial charge on any atom is 0.0844 e. The van der Waals surface area contributed by atoms with Crippen molar-refractivity contribution < 1.29 is 0 Å². The van der Waals surface area contributed by atoms with Crippen molar-refractivity contribution in [3.8, 4) is 0 Å². The van der Waals surface area contributed by atoms with Gasteiger partial charge in [0.1, 0.15) is 0 Å². The SMILES string of the molecule is C1=CC(C(c2ccccc2)(c2ccccc2)C2C=CC=N2)N=C1. The zero-order chi connectivity index (χ0) is 15.5. The van der Waals surface area contributed by atoms with Gasteiger partial charge in [-0.1, -0.05) is 72.8 Å². The van der Waals surface area contributed by atoms with E-state index in [1.807, 2.05) is 24.6 Å². The van der Waals surface area contributed by atoms with Crippen LogP contribution in [0.3, 0.4) is 0 Å². The van der Waals surface area contributed by atoms with Gasteiger partial charge < -0.3 is 0 Å². The van der Waals surface area contributed by atoms with Crippen LogP contribution in [-0.2, 0) is 5.41 Å². The van der Waals surface area contributed by atoms with Crippen molar-refractivity contribution in [2.45, 2.75) is 17.5 Å². The Morgan fingerprint density at radius 1 is 0.609 bits per heavy atom. The minimum absolute atomic E-state index is 0.0391. The molecule has 0 aliphatic carbocycles. The van der Waals surface area contributed by atoms with Gasteiger partial charge in [0, 0.05) is 12.4 Å². The number of allylic oxidation sites excluding steroid dienone is 2. The number of benzene rings is 2. The monoisotopic (exact) mass is 298 g/mol. The van der Waals surface area contributed by atoms with Crippen molar-refractivity contribution in [1.29, 1.82) is 0 Å². The van der Waals surface area contributed by atoms with Gasteiger partial charge in [-0.15, -0.1) is 0 Å². The molecule has 0 N–H and O–H groups in total. The van der Waals surface area contributed by atoms with Crippen molar-refractivity contribution >= 4 is 12.4 Å². The summed E-state index contributed by atoms with van der Waals surface area (Å²) in [4.78, 5) is 9.52. The summed E-state index contributed by atoms with van der Waals surface area (Å²) in [5.74, 6) is 0. The molecule has 0 saturated carbocycles. The second kappa shape index (κ2) is 5.81. The Morgan fingerprint density at radius 2 is 1.04 bits per heavy atom. The topological polar surface area (TPSA) is 24.7 Å². The molecule has 2 heterocycles. The van der Waals surface area contributed by atoms with Crippen LogP contribution >= 0.6 is 0 Å². The van der Waals surface area contributed by atoms with Crippen molar-refractivity contribution in [3.05, 3.63) is 96.1 Å². The highest BCUT2D eigenvalue weighted by atomic mass is 14.9. The van der Waals surface area contributed by atoms with Crippen LogP contribution in [0, 0.1) is 0 Å². The van der Waals surface area contributed by atoms with Crippen LogP contribution in [0.25, 0.3) is 0 Å². The number of nitrogens with zero attached hydrogens (tertiary/aromatic N) is 2. The zero-order valence-electron chi connectivity index (χ0n) is 12.8. The molecule has 0 spiro atoms. The standard InChI is InChI=1S/C21H18N2/c1-3-9-17(10-4-1)21(19-13-7-15-22-19,20-14-8-16-23-20)18-11-5-2-6-12-18/h1-16,19-20H. The van der Waals surface area contributed by atoms with E-state index < -0.39 is 0 Å². The fraction of sp³-hybridized carbons (Fsp3) is 0.143. The molecule has 0 radical (unpaired) electrons. The summed E-state index contributed by atoms with van der Waals surface area (Å²) in [6.07, 6.45) is 12.2. The lowest BCUT2D eigenvalue weighted by atomic mass is 9.64. The zero-order valence-corrected chi connectivity index (χ0v) is 12.8. The molecule has 0 bridgehead atoms. The molecule has 2 nitrogen and oxygen atoms in total. The van der Waals surface area contributed by atoms with Crippen LogP contribution in [-0.4, -0.2) is 24.5 Å². The van der Waals surface area contributed by atoms with Crippen LogP contribution in [0.4, 0.5) is 0 Å². The molecule has 0 amide bonds. The summed E-state index contributed by atoms with van der Waals surface area (Å²) >= 11 is 0. The maximum absolute atomic E-state index is 4.76. The van der Waals surface area contributed by atoms with E-state index in [0.717, 1.165) is 0 Å². The van der Waals surface area contributed by atoms with Crippen LogP contribution in [0.2, 0.25) is 0 Å². The number of hydrogen-bond acceptors (Lipinski definition) is 2. The van der Waals surface area contributed by atoms with Gasteiger partial charge in [-0.25, -0.2) is 0 Å². The molecule has 2 unspecified atom stereocenters. The first-order chi connectivity index (χ1) is 11.4. The van der Waals surface area contributed by atoms with Crippen LogP contribution in [0.15, 0.2) is 95.0 Å². The van der Waals surface area contributed by atoms with Gasteiger partial charge in [0.2, 0.25) is 0 Å². The highest BCUT2D eigenvalue weighted by molar-refractivity contribution is 5.77. The van der Waals surface area contributed by atoms with E-state index >= 15 is 0 Å². The summed E-state index contributed by atoms with van der Waals surface area (Å²) in [5.41, 5.74) is 2.16. The molecule has 0 saturated heterocycles.